The van der Waals surface area contributed by atoms with E-state index in [9.17, 15) is 14.2 Å². The molecule has 0 N–H and O–H groups in total. The molecule has 0 atom stereocenters. The number of benzene rings is 1. The number of amides is 1. The molecule has 0 radical (unpaired) electrons. The summed E-state index contributed by atoms with van der Waals surface area (Å²) >= 11 is 0. The first-order valence-corrected chi connectivity index (χ1v) is 17.1. The lowest BCUT2D eigenvalue weighted by Crippen LogP contribution is -2.51. The van der Waals surface area contributed by atoms with E-state index in [1.165, 1.54) is 39.1 Å². The van der Waals surface area contributed by atoms with Crippen molar-refractivity contribution in [3.63, 3.8) is 0 Å². The lowest BCUT2D eigenvalue weighted by atomic mass is 10.1. The molecule has 0 saturated carbocycles. The predicted molar refractivity (Wildman–Crippen MR) is 178 cm³/mol. The van der Waals surface area contributed by atoms with Gasteiger partial charge < -0.3 is 14.4 Å². The molecular weight excluding hydrogens is 656 g/mol. The third-order valence-electron chi connectivity index (χ3n) is 7.42. The van der Waals surface area contributed by atoms with Crippen molar-refractivity contribution in [2.24, 2.45) is 0 Å². The number of hydrogen-bond donors (Lipinski definition) is 0. The Kier molecular flexibility index (Phi) is 9.09. The number of para-hydroxylation sites is 1. The lowest BCUT2D eigenvalue weighted by molar-refractivity contribution is -0.126. The van der Waals surface area contributed by atoms with Crippen molar-refractivity contribution in [2.75, 3.05) is 31.1 Å². The van der Waals surface area contributed by atoms with E-state index in [-0.39, 0.29) is 35.4 Å². The van der Waals surface area contributed by atoms with Crippen LogP contribution in [0.1, 0.15) is 51.9 Å². The summed E-state index contributed by atoms with van der Waals surface area (Å²) in [7, 11) is -4.24. The van der Waals surface area contributed by atoms with Crippen LogP contribution in [0.4, 0.5) is 10.2 Å². The van der Waals surface area contributed by atoms with Gasteiger partial charge in [0.1, 0.15) is 18.9 Å². The number of carbonyl (C=O) groups excluding carboxylic acids is 2. The van der Waals surface area contributed by atoms with Crippen molar-refractivity contribution < 1.29 is 32.1 Å². The Morgan fingerprint density at radius 2 is 1.63 bits per heavy atom. The summed E-state index contributed by atoms with van der Waals surface area (Å²) in [6.07, 6.45) is 6.60. The smallest absolute Gasteiger partial charge is 0.352 e. The highest BCUT2D eigenvalue weighted by atomic mass is 31.2. The van der Waals surface area contributed by atoms with Crippen LogP contribution in [0.5, 0.6) is 0 Å². The molecule has 5 aromatic rings. The fraction of sp³-hybridized carbons (Fsp3) is 0.406. The zero-order valence-electron chi connectivity index (χ0n) is 28.0. The van der Waals surface area contributed by atoms with Gasteiger partial charge in [0.25, 0.3) is 11.7 Å². The number of nitrogens with zero attached hydrogens (tertiary/aromatic N) is 9. The van der Waals surface area contributed by atoms with Crippen LogP contribution < -0.4 is 4.90 Å². The molecular formula is C32H37FN9O6P. The number of carbonyl (C=O) groups is 2. The maximum Gasteiger partial charge on any atom is 0.477 e. The molecule has 0 bridgehead atoms. The normalized spacial score (nSPS) is 14.6. The highest BCUT2D eigenvalue weighted by Gasteiger charge is 2.38. The van der Waals surface area contributed by atoms with E-state index < -0.39 is 43.3 Å². The van der Waals surface area contributed by atoms with Crippen LogP contribution in [-0.4, -0.2) is 88.5 Å². The fourth-order valence-electron chi connectivity index (χ4n) is 5.54. The van der Waals surface area contributed by atoms with Gasteiger partial charge in [-0.05, 0) is 53.7 Å². The van der Waals surface area contributed by atoms with Gasteiger partial charge in [0.15, 0.2) is 11.6 Å². The number of phosphoric acid groups is 1. The second-order valence-electron chi connectivity index (χ2n) is 13.4. The molecule has 15 nitrogen and oxygen atoms in total. The maximum atomic E-state index is 15.7. The number of rotatable bonds is 9. The standard InChI is InChI=1S/C32H37FN9O6P/c1-31(2,3)47-49(45,48-32(4,5)6)46-20-41-18-22(25-23(33)17-34-29(26(25)41)42-12-11-37-38-42)27(43)30(44)40-15-13-39(14-16-40)28-21-9-7-8-10-24(21)35-19-36-28/h7-12,17-19H,13-16,20H2,1-6H3. The largest absolute Gasteiger partial charge is 0.477 e. The number of phosphoric ester groups is 1. The van der Waals surface area contributed by atoms with E-state index in [0.717, 1.165) is 22.9 Å². The van der Waals surface area contributed by atoms with Crippen LogP contribution in [0.3, 0.4) is 0 Å². The minimum atomic E-state index is -4.24. The summed E-state index contributed by atoms with van der Waals surface area (Å²) in [6.45, 7) is 11.0. The molecule has 1 fully saturated rings. The first-order chi connectivity index (χ1) is 23.1. The Labute approximate surface area is 281 Å². The van der Waals surface area contributed by atoms with Gasteiger partial charge in [-0.2, -0.15) is 0 Å². The fourth-order valence-corrected chi connectivity index (χ4v) is 7.29. The molecule has 4 aromatic heterocycles. The number of anilines is 1. The minimum Gasteiger partial charge on any atom is -0.352 e. The van der Waals surface area contributed by atoms with Gasteiger partial charge >= 0.3 is 7.82 Å². The molecule has 49 heavy (non-hydrogen) atoms. The van der Waals surface area contributed by atoms with Gasteiger partial charge in [-0.15, -0.1) is 5.10 Å². The summed E-state index contributed by atoms with van der Waals surface area (Å²) in [4.78, 5) is 44.1. The Hall–Kier alpha value is -4.63. The third kappa shape index (κ3) is 7.37. The number of piperazine rings is 1. The highest BCUT2D eigenvalue weighted by molar-refractivity contribution is 7.48. The molecule has 17 heteroatoms. The molecule has 0 unspecified atom stereocenters. The zero-order valence-corrected chi connectivity index (χ0v) is 28.9. The number of Topliss-reactive ketones (excluding diaryl/α,β-unsaturated/α-hetero) is 1. The van der Waals surface area contributed by atoms with Gasteiger partial charge in [0.05, 0.1) is 51.8 Å². The first-order valence-electron chi connectivity index (χ1n) is 15.6. The number of ketones is 1. The summed E-state index contributed by atoms with van der Waals surface area (Å²) in [5.41, 5.74) is -1.21. The number of aromatic nitrogens is 7. The van der Waals surface area contributed by atoms with Crippen LogP contribution >= 0.6 is 7.82 Å². The Morgan fingerprint density at radius 3 is 2.29 bits per heavy atom. The summed E-state index contributed by atoms with van der Waals surface area (Å²) in [6, 6.07) is 7.64. The Morgan fingerprint density at radius 1 is 0.939 bits per heavy atom. The Bertz CT molecular complexity index is 2040. The summed E-state index contributed by atoms with van der Waals surface area (Å²) < 4.78 is 49.4. The van der Waals surface area contributed by atoms with E-state index in [1.807, 2.05) is 29.2 Å². The lowest BCUT2D eigenvalue weighted by Gasteiger charge is -2.35. The average molecular weight is 694 g/mol. The molecule has 258 valence electrons. The van der Waals surface area contributed by atoms with Gasteiger partial charge in [-0.3, -0.25) is 23.2 Å². The second-order valence-corrected chi connectivity index (χ2v) is 15.0. The predicted octanol–water partition coefficient (Wildman–Crippen LogP) is 4.94. The van der Waals surface area contributed by atoms with Crippen molar-refractivity contribution in [2.45, 2.75) is 59.5 Å². The van der Waals surface area contributed by atoms with Crippen LogP contribution in [0.2, 0.25) is 0 Å². The number of fused-ring (bicyclic) bond motifs is 2. The molecule has 1 amide bonds. The first kappa shape index (κ1) is 34.2. The second kappa shape index (κ2) is 13.0. The van der Waals surface area contributed by atoms with E-state index in [1.54, 1.807) is 41.5 Å². The topological polar surface area (TPSA) is 160 Å². The van der Waals surface area contributed by atoms with Crippen molar-refractivity contribution in [3.05, 3.63) is 66.8 Å². The van der Waals surface area contributed by atoms with Crippen LogP contribution in [-0.2, 0) is 29.7 Å². The zero-order chi connectivity index (χ0) is 35.1. The molecule has 1 aromatic carbocycles. The van der Waals surface area contributed by atoms with Gasteiger partial charge in [-0.1, -0.05) is 17.3 Å². The number of halogens is 1. The monoisotopic (exact) mass is 693 g/mol. The number of pyridine rings is 1. The minimum absolute atomic E-state index is 0.0557. The Balaban J connectivity index is 1.31. The molecule has 0 aliphatic carbocycles. The van der Waals surface area contributed by atoms with Crippen molar-refractivity contribution in [1.82, 2.24) is 39.4 Å². The van der Waals surface area contributed by atoms with E-state index in [2.05, 4.69) is 25.3 Å². The third-order valence-corrected chi connectivity index (χ3v) is 9.40. The van der Waals surface area contributed by atoms with Crippen molar-refractivity contribution in [3.8, 4) is 5.82 Å². The van der Waals surface area contributed by atoms with Crippen molar-refractivity contribution in [1.29, 1.82) is 0 Å². The molecule has 1 aliphatic rings. The maximum absolute atomic E-state index is 15.7. The van der Waals surface area contributed by atoms with Gasteiger partial charge in [0, 0.05) is 37.8 Å². The van der Waals surface area contributed by atoms with Gasteiger partial charge in [-0.25, -0.2) is 28.6 Å². The van der Waals surface area contributed by atoms with Crippen molar-refractivity contribution >= 4 is 47.1 Å². The molecule has 1 aliphatic heterocycles. The van der Waals surface area contributed by atoms with Gasteiger partial charge in [0.2, 0.25) is 0 Å². The summed E-state index contributed by atoms with van der Waals surface area (Å²) in [5.74, 6) is -1.75. The van der Waals surface area contributed by atoms with E-state index in [4.69, 9.17) is 13.6 Å². The SMILES string of the molecule is CC(C)(C)OP(=O)(OCn1cc(C(=O)C(=O)N2CCN(c3ncnc4ccccc34)CC2)c2c(F)cnc(-n3ccnn3)c21)OC(C)(C)C. The summed E-state index contributed by atoms with van der Waals surface area (Å²) in [5, 5.41) is 8.49. The molecule has 0 spiro atoms. The number of hydrogen-bond acceptors (Lipinski definition) is 12. The van der Waals surface area contributed by atoms with Crippen LogP contribution in [0.25, 0.3) is 27.6 Å². The van der Waals surface area contributed by atoms with Crippen LogP contribution in [0.15, 0.2) is 55.4 Å². The van der Waals surface area contributed by atoms with E-state index in [0.29, 0.717) is 13.1 Å². The molecule has 6 rings (SSSR count). The molecule has 1 saturated heterocycles. The average Bonchev–Trinajstić information content (AvgIpc) is 3.71. The van der Waals surface area contributed by atoms with Crippen LogP contribution in [0, 0.1) is 5.82 Å². The van der Waals surface area contributed by atoms with E-state index >= 15 is 4.39 Å². The quantitative estimate of drug-likeness (QED) is 0.116. The molecule has 5 heterocycles. The highest BCUT2D eigenvalue weighted by Crippen LogP contribution is 2.55.